The normalized spacial score (nSPS) is 30.8. The third-order valence-corrected chi connectivity index (χ3v) is 7.04. The summed E-state index contributed by atoms with van der Waals surface area (Å²) in [6, 6.07) is 4.27. The van der Waals surface area contributed by atoms with Gasteiger partial charge in [-0.1, -0.05) is 6.42 Å². The Labute approximate surface area is 132 Å². The standard InChI is InChI=1S/C17H21FO3S/c1-21-17-6-5-13(18)7-12(17)10-16(19)11-8-14-3-2-4-15(9-11)22(14)20/h5-7,11,14-15H,2-4,8-10H2,1H3. The van der Waals surface area contributed by atoms with Crippen molar-refractivity contribution in [1.82, 2.24) is 0 Å². The van der Waals surface area contributed by atoms with E-state index in [4.69, 9.17) is 4.74 Å². The number of hydrogen-bond donors (Lipinski definition) is 0. The molecular weight excluding hydrogens is 303 g/mol. The second-order valence-electron chi connectivity index (χ2n) is 6.27. The van der Waals surface area contributed by atoms with Gasteiger partial charge in [0.1, 0.15) is 17.3 Å². The molecule has 0 amide bonds. The summed E-state index contributed by atoms with van der Waals surface area (Å²) in [7, 11) is 0.757. The number of ketones is 1. The number of ether oxygens (including phenoxy) is 1. The number of fused-ring (bicyclic) bond motifs is 2. The maximum Gasteiger partial charge on any atom is 0.140 e. The molecule has 0 aromatic heterocycles. The van der Waals surface area contributed by atoms with E-state index in [0.29, 0.717) is 11.3 Å². The number of hydrogen-bond acceptors (Lipinski definition) is 3. The fraction of sp³-hybridized carbons (Fsp3) is 0.588. The van der Waals surface area contributed by atoms with E-state index in [2.05, 4.69) is 0 Å². The zero-order valence-corrected chi connectivity index (χ0v) is 13.5. The topological polar surface area (TPSA) is 43.4 Å². The van der Waals surface area contributed by atoms with Crippen molar-refractivity contribution in [2.45, 2.75) is 49.0 Å². The molecule has 0 N–H and O–H groups in total. The lowest BCUT2D eigenvalue weighted by molar-refractivity contribution is -0.122. The van der Waals surface area contributed by atoms with Crippen molar-refractivity contribution in [2.75, 3.05) is 7.11 Å². The van der Waals surface area contributed by atoms with Gasteiger partial charge in [-0.2, -0.15) is 0 Å². The number of halogens is 1. The van der Waals surface area contributed by atoms with Crippen LogP contribution < -0.4 is 4.74 Å². The fourth-order valence-electron chi connectivity index (χ4n) is 3.71. The molecule has 3 nitrogen and oxygen atoms in total. The van der Waals surface area contributed by atoms with E-state index >= 15 is 0 Å². The van der Waals surface area contributed by atoms with Crippen LogP contribution in [0.5, 0.6) is 5.75 Å². The van der Waals surface area contributed by atoms with Gasteiger partial charge in [0.15, 0.2) is 0 Å². The minimum atomic E-state index is -0.766. The summed E-state index contributed by atoms with van der Waals surface area (Å²) >= 11 is 0. The maximum atomic E-state index is 13.4. The Bertz CT molecular complexity index is 586. The molecule has 2 fully saturated rings. The van der Waals surface area contributed by atoms with Gasteiger partial charge in [0.05, 0.1) is 7.11 Å². The summed E-state index contributed by atoms with van der Waals surface area (Å²) in [4.78, 5) is 12.6. The Hall–Kier alpha value is -1.23. The van der Waals surface area contributed by atoms with Crippen LogP contribution in [0.4, 0.5) is 4.39 Å². The minimum Gasteiger partial charge on any atom is -0.496 e. The van der Waals surface area contributed by atoms with Crippen LogP contribution in [-0.4, -0.2) is 27.6 Å². The first-order chi connectivity index (χ1) is 10.6. The zero-order chi connectivity index (χ0) is 15.7. The van der Waals surface area contributed by atoms with Crippen LogP contribution in [0.2, 0.25) is 0 Å². The Balaban J connectivity index is 1.73. The zero-order valence-electron chi connectivity index (χ0n) is 12.7. The van der Waals surface area contributed by atoms with Gasteiger partial charge >= 0.3 is 0 Å². The van der Waals surface area contributed by atoms with Crippen molar-refractivity contribution in [1.29, 1.82) is 0 Å². The first kappa shape index (κ1) is 15.7. The van der Waals surface area contributed by atoms with Crippen molar-refractivity contribution in [3.63, 3.8) is 0 Å². The average molecular weight is 324 g/mol. The molecule has 2 aliphatic rings. The van der Waals surface area contributed by atoms with Gasteiger partial charge in [-0.05, 0) is 43.9 Å². The molecule has 3 rings (SSSR count). The van der Waals surface area contributed by atoms with Crippen molar-refractivity contribution in [3.8, 4) is 5.75 Å². The van der Waals surface area contributed by atoms with Crippen LogP contribution in [0.1, 0.15) is 37.7 Å². The lowest BCUT2D eigenvalue weighted by atomic mass is 9.84. The van der Waals surface area contributed by atoms with Crippen LogP contribution in [0.15, 0.2) is 18.2 Å². The van der Waals surface area contributed by atoms with Gasteiger partial charge in [-0.25, -0.2) is 4.39 Å². The molecule has 2 bridgehead atoms. The number of methoxy groups -OCH3 is 1. The van der Waals surface area contributed by atoms with Crippen LogP contribution >= 0.6 is 0 Å². The first-order valence-corrected chi connectivity index (χ1v) is 9.10. The van der Waals surface area contributed by atoms with Crippen LogP contribution in [0.3, 0.4) is 0 Å². The van der Waals surface area contributed by atoms with Crippen LogP contribution in [0.25, 0.3) is 0 Å². The summed E-state index contributed by atoms with van der Waals surface area (Å²) in [6.07, 6.45) is 4.70. The number of rotatable bonds is 4. The van der Waals surface area contributed by atoms with Gasteiger partial charge in [-0.3, -0.25) is 9.00 Å². The van der Waals surface area contributed by atoms with Crippen molar-refractivity contribution in [3.05, 3.63) is 29.6 Å². The van der Waals surface area contributed by atoms with Crippen LogP contribution in [0, 0.1) is 11.7 Å². The highest BCUT2D eigenvalue weighted by molar-refractivity contribution is 7.86. The molecule has 2 atom stereocenters. The third-order valence-electron chi connectivity index (χ3n) is 4.87. The Morgan fingerprint density at radius 1 is 1.32 bits per heavy atom. The highest BCUT2D eigenvalue weighted by Crippen LogP contribution is 2.38. The van der Waals surface area contributed by atoms with E-state index in [-0.39, 0.29) is 34.4 Å². The molecule has 0 radical (unpaired) electrons. The summed E-state index contributed by atoms with van der Waals surface area (Å²) in [5.74, 6) is 0.276. The maximum absolute atomic E-state index is 13.4. The largest absolute Gasteiger partial charge is 0.496 e. The molecule has 2 heterocycles. The highest BCUT2D eigenvalue weighted by Gasteiger charge is 2.40. The molecule has 0 saturated carbocycles. The molecule has 1 aromatic carbocycles. The molecule has 2 aliphatic heterocycles. The SMILES string of the molecule is COc1ccc(F)cc1CC(=O)C1CC2CCCC(C1)S2=O. The Morgan fingerprint density at radius 3 is 2.64 bits per heavy atom. The van der Waals surface area contributed by atoms with E-state index in [1.807, 2.05) is 0 Å². The van der Waals surface area contributed by atoms with Gasteiger partial charge in [0.25, 0.3) is 0 Å². The lowest BCUT2D eigenvalue weighted by Crippen LogP contribution is -2.41. The van der Waals surface area contributed by atoms with E-state index in [9.17, 15) is 13.4 Å². The quantitative estimate of drug-likeness (QED) is 0.855. The third kappa shape index (κ3) is 3.09. The summed E-state index contributed by atoms with van der Waals surface area (Å²) < 4.78 is 30.8. The molecule has 0 aliphatic carbocycles. The van der Waals surface area contributed by atoms with Gasteiger partial charge < -0.3 is 4.74 Å². The van der Waals surface area contributed by atoms with E-state index < -0.39 is 10.8 Å². The highest BCUT2D eigenvalue weighted by atomic mass is 32.2. The van der Waals surface area contributed by atoms with Gasteiger partial charge in [0, 0.05) is 39.2 Å². The summed E-state index contributed by atoms with van der Waals surface area (Å²) in [5.41, 5.74) is 0.601. The monoisotopic (exact) mass is 324 g/mol. The number of carbonyl (C=O) groups is 1. The van der Waals surface area contributed by atoms with Gasteiger partial charge in [0.2, 0.25) is 0 Å². The smallest absolute Gasteiger partial charge is 0.140 e. The predicted octanol–water partition coefficient (Wildman–Crippen LogP) is 3.03. The van der Waals surface area contributed by atoms with E-state index in [1.165, 1.54) is 19.2 Å². The molecule has 2 unspecified atom stereocenters. The molecule has 22 heavy (non-hydrogen) atoms. The molecule has 0 spiro atoms. The van der Waals surface area contributed by atoms with Crippen molar-refractivity contribution in [2.24, 2.45) is 5.92 Å². The molecular formula is C17H21FO3S. The predicted molar refractivity (Wildman–Crippen MR) is 84.0 cm³/mol. The second-order valence-corrected chi connectivity index (χ2v) is 8.26. The molecule has 5 heteroatoms. The molecule has 120 valence electrons. The van der Waals surface area contributed by atoms with E-state index in [1.54, 1.807) is 6.07 Å². The van der Waals surface area contributed by atoms with Gasteiger partial charge in [-0.15, -0.1) is 0 Å². The summed E-state index contributed by atoms with van der Waals surface area (Å²) in [5, 5.41) is 0.353. The molecule has 1 aromatic rings. The van der Waals surface area contributed by atoms with E-state index in [0.717, 1.165) is 32.1 Å². The van der Waals surface area contributed by atoms with Crippen LogP contribution in [-0.2, 0) is 22.0 Å². The Morgan fingerprint density at radius 2 is 2.00 bits per heavy atom. The first-order valence-electron chi connectivity index (χ1n) is 7.83. The average Bonchev–Trinajstić information content (AvgIpc) is 2.47. The summed E-state index contributed by atoms with van der Waals surface area (Å²) in [6.45, 7) is 0. The lowest BCUT2D eigenvalue weighted by Gasteiger charge is -2.37. The molecule has 2 saturated heterocycles. The number of benzene rings is 1. The van der Waals surface area contributed by atoms with Crippen molar-refractivity contribution >= 4 is 16.6 Å². The second kappa shape index (κ2) is 6.49. The minimum absolute atomic E-state index is 0.0408. The van der Waals surface area contributed by atoms with Crippen molar-refractivity contribution < 1.29 is 18.1 Å². The Kier molecular flexibility index (Phi) is 4.62. The fourth-order valence-corrected chi connectivity index (χ4v) is 5.90. The number of carbonyl (C=O) groups excluding carboxylic acids is 1. The number of Topliss-reactive ketones (excluding diaryl/α,β-unsaturated/α-hetero) is 1.